The first kappa shape index (κ1) is 17.2. The zero-order valence-electron chi connectivity index (χ0n) is 14.5. The van der Waals surface area contributed by atoms with E-state index in [2.05, 4.69) is 20.1 Å². The van der Waals surface area contributed by atoms with Gasteiger partial charge < -0.3 is 4.74 Å². The first-order valence-electron chi connectivity index (χ1n) is 8.08. The third-order valence-corrected chi connectivity index (χ3v) is 4.74. The van der Waals surface area contributed by atoms with Crippen molar-refractivity contribution in [3.8, 4) is 10.6 Å². The van der Waals surface area contributed by atoms with E-state index in [1.54, 1.807) is 17.5 Å². The highest BCUT2D eigenvalue weighted by Gasteiger charge is 2.17. The summed E-state index contributed by atoms with van der Waals surface area (Å²) in [6.45, 7) is 3.70. The number of carbonyl (C=O) groups is 1. The Morgan fingerprint density at radius 2 is 1.96 bits per heavy atom. The van der Waals surface area contributed by atoms with Gasteiger partial charge in [-0.05, 0) is 44.2 Å². The maximum Gasteiger partial charge on any atom is 0.378 e. The molecule has 0 N–H and O–H groups in total. The quantitative estimate of drug-likeness (QED) is 0.503. The monoisotopic (exact) mass is 383 g/mol. The number of ether oxygens (including phenoxy) is 1. The minimum absolute atomic E-state index is 0.00246. The van der Waals surface area contributed by atoms with Crippen molar-refractivity contribution in [2.75, 3.05) is 0 Å². The number of esters is 1. The molecule has 3 aromatic heterocycles. The van der Waals surface area contributed by atoms with Crippen molar-refractivity contribution in [2.45, 2.75) is 20.5 Å². The predicted octanol–water partition coefficient (Wildman–Crippen LogP) is 3.36. The zero-order valence-corrected chi connectivity index (χ0v) is 15.3. The zero-order chi connectivity index (χ0) is 19.0. The van der Waals surface area contributed by atoms with Crippen LogP contribution in [0.4, 0.5) is 4.39 Å². The van der Waals surface area contributed by atoms with E-state index >= 15 is 0 Å². The summed E-state index contributed by atoms with van der Waals surface area (Å²) >= 11 is 1.39. The van der Waals surface area contributed by atoms with E-state index < -0.39 is 5.97 Å². The third-order valence-electron chi connectivity index (χ3n) is 3.79. The lowest BCUT2D eigenvalue weighted by molar-refractivity contribution is 0.0454. The summed E-state index contributed by atoms with van der Waals surface area (Å²) in [6, 6.07) is 7.92. The summed E-state index contributed by atoms with van der Waals surface area (Å²) in [5, 5.41) is 6.66. The molecule has 0 bridgehead atoms. The summed E-state index contributed by atoms with van der Waals surface area (Å²) in [7, 11) is 0. The van der Waals surface area contributed by atoms with E-state index in [0.717, 1.165) is 22.0 Å². The molecule has 4 rings (SSSR count). The van der Waals surface area contributed by atoms with Gasteiger partial charge in [0.05, 0.1) is 5.69 Å². The van der Waals surface area contributed by atoms with Crippen molar-refractivity contribution < 1.29 is 13.9 Å². The molecule has 0 amide bonds. The SMILES string of the molecule is Cc1cc(C)n2nc(C(=O)OCc3csc(-c4ccc(F)cc4)n3)nc2n1. The largest absolute Gasteiger partial charge is 0.453 e. The molecule has 0 spiro atoms. The Labute approximate surface area is 157 Å². The van der Waals surface area contributed by atoms with Crippen LogP contribution in [-0.2, 0) is 11.3 Å². The van der Waals surface area contributed by atoms with Crippen LogP contribution in [0.3, 0.4) is 0 Å². The number of hydrogen-bond acceptors (Lipinski definition) is 7. The van der Waals surface area contributed by atoms with E-state index in [-0.39, 0.29) is 18.2 Å². The van der Waals surface area contributed by atoms with Gasteiger partial charge in [0.1, 0.15) is 17.4 Å². The molecule has 7 nitrogen and oxygen atoms in total. The fourth-order valence-corrected chi connectivity index (χ4v) is 3.37. The molecule has 3 heterocycles. The van der Waals surface area contributed by atoms with Gasteiger partial charge in [0.25, 0.3) is 11.6 Å². The van der Waals surface area contributed by atoms with Crippen molar-refractivity contribution in [1.82, 2.24) is 24.6 Å². The van der Waals surface area contributed by atoms with Crippen molar-refractivity contribution >= 4 is 23.1 Å². The van der Waals surface area contributed by atoms with E-state index in [0.29, 0.717) is 11.5 Å². The average Bonchev–Trinajstić information content (AvgIpc) is 3.27. The second-order valence-corrected chi connectivity index (χ2v) is 6.77. The minimum Gasteiger partial charge on any atom is -0.453 e. The highest BCUT2D eigenvalue weighted by atomic mass is 32.1. The number of carbonyl (C=O) groups excluding carboxylic acids is 1. The van der Waals surface area contributed by atoms with Crippen LogP contribution in [0.5, 0.6) is 0 Å². The maximum absolute atomic E-state index is 13.0. The number of thiazole rings is 1. The van der Waals surface area contributed by atoms with Gasteiger partial charge in [-0.3, -0.25) is 0 Å². The summed E-state index contributed by atoms with van der Waals surface area (Å²) in [5.41, 5.74) is 3.02. The standard InChI is InChI=1S/C18H14FN5O2S/c1-10-7-11(2)24-18(20-10)22-15(23-24)17(25)26-8-14-9-27-16(21-14)12-3-5-13(19)6-4-12/h3-7,9H,8H2,1-2H3. The first-order valence-corrected chi connectivity index (χ1v) is 8.96. The van der Waals surface area contributed by atoms with Crippen LogP contribution in [-0.4, -0.2) is 30.5 Å². The highest BCUT2D eigenvalue weighted by Crippen LogP contribution is 2.24. The molecule has 0 fully saturated rings. The van der Waals surface area contributed by atoms with Crippen molar-refractivity contribution in [2.24, 2.45) is 0 Å². The van der Waals surface area contributed by atoms with Gasteiger partial charge in [-0.1, -0.05) is 0 Å². The van der Waals surface area contributed by atoms with E-state index in [1.165, 1.54) is 28.0 Å². The van der Waals surface area contributed by atoms with Crippen LogP contribution in [0, 0.1) is 19.7 Å². The Morgan fingerprint density at radius 1 is 1.19 bits per heavy atom. The van der Waals surface area contributed by atoms with Gasteiger partial charge in [0.15, 0.2) is 0 Å². The van der Waals surface area contributed by atoms with Gasteiger partial charge in [0.2, 0.25) is 0 Å². The van der Waals surface area contributed by atoms with E-state index in [9.17, 15) is 9.18 Å². The van der Waals surface area contributed by atoms with Gasteiger partial charge >= 0.3 is 5.97 Å². The van der Waals surface area contributed by atoms with Crippen LogP contribution in [0.15, 0.2) is 35.7 Å². The molecule has 0 saturated carbocycles. The Bertz CT molecular complexity index is 1140. The van der Waals surface area contributed by atoms with Crippen LogP contribution in [0.25, 0.3) is 16.3 Å². The molecule has 0 aliphatic carbocycles. The van der Waals surface area contributed by atoms with Crippen LogP contribution in [0.1, 0.15) is 27.7 Å². The number of nitrogens with zero attached hydrogens (tertiary/aromatic N) is 5. The molecule has 0 aliphatic rings. The van der Waals surface area contributed by atoms with Crippen LogP contribution >= 0.6 is 11.3 Å². The Balaban J connectivity index is 1.47. The van der Waals surface area contributed by atoms with Crippen LogP contribution < -0.4 is 0 Å². The molecule has 9 heteroatoms. The predicted molar refractivity (Wildman–Crippen MR) is 96.9 cm³/mol. The normalized spacial score (nSPS) is 11.1. The fraction of sp³-hybridized carbons (Fsp3) is 0.167. The molecule has 0 radical (unpaired) electrons. The van der Waals surface area contributed by atoms with Crippen LogP contribution in [0.2, 0.25) is 0 Å². The minimum atomic E-state index is -0.645. The number of fused-ring (bicyclic) bond motifs is 1. The number of rotatable bonds is 4. The second kappa shape index (κ2) is 6.84. The number of aromatic nitrogens is 5. The lowest BCUT2D eigenvalue weighted by atomic mass is 10.2. The maximum atomic E-state index is 13.0. The van der Waals surface area contributed by atoms with Gasteiger partial charge in [-0.25, -0.2) is 23.7 Å². The smallest absolute Gasteiger partial charge is 0.378 e. The second-order valence-electron chi connectivity index (χ2n) is 5.91. The lowest BCUT2D eigenvalue weighted by Crippen LogP contribution is -2.08. The third kappa shape index (κ3) is 3.54. The van der Waals surface area contributed by atoms with Crippen molar-refractivity contribution in [3.63, 3.8) is 0 Å². The number of aryl methyl sites for hydroxylation is 2. The van der Waals surface area contributed by atoms with Crippen molar-refractivity contribution in [1.29, 1.82) is 0 Å². The molecule has 27 heavy (non-hydrogen) atoms. The molecule has 0 aliphatic heterocycles. The summed E-state index contributed by atoms with van der Waals surface area (Å²) in [5.74, 6) is -0.643. The molecular formula is C18H14FN5O2S. The van der Waals surface area contributed by atoms with E-state index in [4.69, 9.17) is 4.74 Å². The molecule has 0 unspecified atom stereocenters. The molecule has 0 saturated heterocycles. The summed E-state index contributed by atoms with van der Waals surface area (Å²) < 4.78 is 19.8. The number of benzene rings is 1. The lowest BCUT2D eigenvalue weighted by Gasteiger charge is -1.99. The van der Waals surface area contributed by atoms with Gasteiger partial charge in [0, 0.05) is 22.3 Å². The fourth-order valence-electron chi connectivity index (χ4n) is 2.56. The van der Waals surface area contributed by atoms with Gasteiger partial charge in [-0.15, -0.1) is 16.4 Å². The van der Waals surface area contributed by atoms with Gasteiger partial charge in [-0.2, -0.15) is 4.98 Å². The average molecular weight is 383 g/mol. The molecule has 1 aromatic carbocycles. The Kier molecular flexibility index (Phi) is 4.36. The Hall–Kier alpha value is -3.20. The highest BCUT2D eigenvalue weighted by molar-refractivity contribution is 7.13. The molecule has 4 aromatic rings. The number of halogens is 1. The van der Waals surface area contributed by atoms with E-state index in [1.807, 2.05) is 19.9 Å². The van der Waals surface area contributed by atoms with Crippen molar-refractivity contribution in [3.05, 3.63) is 64.4 Å². The molecule has 136 valence electrons. The summed E-state index contributed by atoms with van der Waals surface area (Å²) in [6.07, 6.45) is 0. The summed E-state index contributed by atoms with van der Waals surface area (Å²) in [4.78, 5) is 25.0. The Morgan fingerprint density at radius 3 is 2.74 bits per heavy atom. The molecule has 0 atom stereocenters. The molecular weight excluding hydrogens is 369 g/mol. The first-order chi connectivity index (χ1) is 13.0. The number of hydrogen-bond donors (Lipinski definition) is 0. The topological polar surface area (TPSA) is 82.3 Å².